The van der Waals surface area contributed by atoms with Crippen molar-refractivity contribution in [3.8, 4) is 0 Å². The SMILES string of the molecule is C=CCC(=O)CC(C)(C)N. The molecule has 2 heteroatoms. The first-order valence-corrected chi connectivity index (χ1v) is 3.37. The molecule has 0 aliphatic rings. The minimum absolute atomic E-state index is 0.155. The molecular formula is C8H15NO. The molecule has 0 saturated carbocycles. The molecule has 0 rings (SSSR count). The van der Waals surface area contributed by atoms with Crippen LogP contribution in [-0.4, -0.2) is 11.3 Å². The minimum atomic E-state index is -0.375. The summed E-state index contributed by atoms with van der Waals surface area (Å²) < 4.78 is 0. The number of carbonyl (C=O) groups excluding carboxylic acids is 1. The highest BCUT2D eigenvalue weighted by molar-refractivity contribution is 5.80. The van der Waals surface area contributed by atoms with E-state index >= 15 is 0 Å². The van der Waals surface area contributed by atoms with E-state index in [1.165, 1.54) is 0 Å². The summed E-state index contributed by atoms with van der Waals surface area (Å²) in [5, 5.41) is 0. The van der Waals surface area contributed by atoms with Gasteiger partial charge in [0, 0.05) is 18.4 Å². The largest absolute Gasteiger partial charge is 0.325 e. The van der Waals surface area contributed by atoms with Crippen LogP contribution in [0.4, 0.5) is 0 Å². The second kappa shape index (κ2) is 3.52. The molecule has 0 fully saturated rings. The highest BCUT2D eigenvalue weighted by Gasteiger charge is 2.14. The molecule has 2 N–H and O–H groups in total. The predicted molar refractivity (Wildman–Crippen MR) is 42.7 cm³/mol. The van der Waals surface area contributed by atoms with Crippen LogP contribution in [0.25, 0.3) is 0 Å². The van der Waals surface area contributed by atoms with Gasteiger partial charge in [-0.1, -0.05) is 6.08 Å². The topological polar surface area (TPSA) is 43.1 Å². The van der Waals surface area contributed by atoms with Crippen LogP contribution in [0.15, 0.2) is 12.7 Å². The van der Waals surface area contributed by atoms with Gasteiger partial charge < -0.3 is 5.73 Å². The molecule has 0 bridgehead atoms. The molecule has 58 valence electrons. The highest BCUT2D eigenvalue weighted by atomic mass is 16.1. The van der Waals surface area contributed by atoms with Crippen molar-refractivity contribution in [2.75, 3.05) is 0 Å². The molecule has 0 unspecified atom stereocenters. The first kappa shape index (κ1) is 9.37. The number of allylic oxidation sites excluding steroid dienone is 1. The number of nitrogens with two attached hydrogens (primary N) is 1. The van der Waals surface area contributed by atoms with Crippen molar-refractivity contribution in [1.29, 1.82) is 0 Å². The maximum atomic E-state index is 10.9. The number of ketones is 1. The van der Waals surface area contributed by atoms with E-state index in [4.69, 9.17) is 5.73 Å². The van der Waals surface area contributed by atoms with Crippen molar-refractivity contribution < 1.29 is 4.79 Å². The minimum Gasteiger partial charge on any atom is -0.325 e. The molecule has 0 aromatic carbocycles. The van der Waals surface area contributed by atoms with Crippen LogP contribution in [-0.2, 0) is 4.79 Å². The summed E-state index contributed by atoms with van der Waals surface area (Å²) in [7, 11) is 0. The summed E-state index contributed by atoms with van der Waals surface area (Å²) in [6.07, 6.45) is 2.47. The van der Waals surface area contributed by atoms with Gasteiger partial charge in [-0.05, 0) is 13.8 Å². The molecule has 0 aromatic heterocycles. The van der Waals surface area contributed by atoms with Crippen LogP contribution in [0, 0.1) is 0 Å². The first-order chi connectivity index (χ1) is 4.45. The van der Waals surface area contributed by atoms with Crippen LogP contribution in [0.2, 0.25) is 0 Å². The zero-order valence-corrected chi connectivity index (χ0v) is 6.68. The lowest BCUT2D eigenvalue weighted by molar-refractivity contribution is -0.119. The number of rotatable bonds is 4. The van der Waals surface area contributed by atoms with Gasteiger partial charge in [0.1, 0.15) is 5.78 Å². The fourth-order valence-electron chi connectivity index (χ4n) is 0.741. The zero-order valence-electron chi connectivity index (χ0n) is 6.68. The van der Waals surface area contributed by atoms with E-state index in [1.54, 1.807) is 6.08 Å². The molecule has 0 radical (unpaired) electrons. The van der Waals surface area contributed by atoms with E-state index in [0.717, 1.165) is 0 Å². The van der Waals surface area contributed by atoms with Crippen LogP contribution in [0.5, 0.6) is 0 Å². The van der Waals surface area contributed by atoms with Crippen LogP contribution in [0.3, 0.4) is 0 Å². The average Bonchev–Trinajstić information content (AvgIpc) is 1.59. The molecule has 0 spiro atoms. The van der Waals surface area contributed by atoms with E-state index < -0.39 is 0 Å². The van der Waals surface area contributed by atoms with E-state index in [-0.39, 0.29) is 11.3 Å². The van der Waals surface area contributed by atoms with Crippen molar-refractivity contribution in [2.24, 2.45) is 5.73 Å². The van der Waals surface area contributed by atoms with Gasteiger partial charge in [0.05, 0.1) is 0 Å². The molecule has 10 heavy (non-hydrogen) atoms. The Morgan fingerprint density at radius 1 is 1.70 bits per heavy atom. The first-order valence-electron chi connectivity index (χ1n) is 3.37. The fraction of sp³-hybridized carbons (Fsp3) is 0.625. The van der Waals surface area contributed by atoms with Crippen LogP contribution in [0.1, 0.15) is 26.7 Å². The summed E-state index contributed by atoms with van der Waals surface area (Å²) in [5.74, 6) is 0.155. The third kappa shape index (κ3) is 5.51. The van der Waals surface area contributed by atoms with Crippen molar-refractivity contribution in [1.82, 2.24) is 0 Å². The quantitative estimate of drug-likeness (QED) is 0.599. The maximum Gasteiger partial charge on any atom is 0.138 e. The number of hydrogen-bond donors (Lipinski definition) is 1. The third-order valence-corrected chi connectivity index (χ3v) is 1.02. The summed E-state index contributed by atoms with van der Waals surface area (Å²) in [4.78, 5) is 10.9. The van der Waals surface area contributed by atoms with Crippen molar-refractivity contribution in [2.45, 2.75) is 32.2 Å². The summed E-state index contributed by atoms with van der Waals surface area (Å²) >= 11 is 0. The normalized spacial score (nSPS) is 11.1. The van der Waals surface area contributed by atoms with Crippen molar-refractivity contribution >= 4 is 5.78 Å². The lowest BCUT2D eigenvalue weighted by Crippen LogP contribution is -2.34. The van der Waals surface area contributed by atoms with Crippen molar-refractivity contribution in [3.05, 3.63) is 12.7 Å². The van der Waals surface area contributed by atoms with Gasteiger partial charge in [0.2, 0.25) is 0 Å². The van der Waals surface area contributed by atoms with E-state index in [2.05, 4.69) is 6.58 Å². The highest BCUT2D eigenvalue weighted by Crippen LogP contribution is 2.05. The van der Waals surface area contributed by atoms with Crippen LogP contribution < -0.4 is 5.73 Å². The van der Waals surface area contributed by atoms with Crippen LogP contribution >= 0.6 is 0 Å². The molecule has 0 amide bonds. The molecule has 0 saturated heterocycles. The molecule has 0 heterocycles. The Kier molecular flexibility index (Phi) is 3.30. The lowest BCUT2D eigenvalue weighted by Gasteiger charge is -2.15. The molecule has 2 nitrogen and oxygen atoms in total. The Morgan fingerprint density at radius 2 is 2.20 bits per heavy atom. The van der Waals surface area contributed by atoms with Gasteiger partial charge in [0.25, 0.3) is 0 Å². The van der Waals surface area contributed by atoms with Gasteiger partial charge in [-0.3, -0.25) is 4.79 Å². The summed E-state index contributed by atoms with van der Waals surface area (Å²) in [6.45, 7) is 7.15. The third-order valence-electron chi connectivity index (χ3n) is 1.02. The number of carbonyl (C=O) groups is 1. The van der Waals surface area contributed by atoms with Gasteiger partial charge in [-0.15, -0.1) is 6.58 Å². The van der Waals surface area contributed by atoms with Gasteiger partial charge in [-0.25, -0.2) is 0 Å². The Balaban J connectivity index is 3.68. The second-order valence-corrected chi connectivity index (χ2v) is 3.20. The monoisotopic (exact) mass is 141 g/mol. The molecular weight excluding hydrogens is 126 g/mol. The zero-order chi connectivity index (χ0) is 8.20. The summed E-state index contributed by atoms with van der Waals surface area (Å²) in [5.41, 5.74) is 5.24. The predicted octanol–water partition coefficient (Wildman–Crippen LogP) is 1.26. The number of hydrogen-bond acceptors (Lipinski definition) is 2. The van der Waals surface area contributed by atoms with Crippen molar-refractivity contribution in [3.63, 3.8) is 0 Å². The number of Topliss-reactive ketones (excluding diaryl/α,β-unsaturated/α-hetero) is 1. The Hall–Kier alpha value is -0.630. The maximum absolute atomic E-state index is 10.9. The standard InChI is InChI=1S/C8H15NO/c1-4-5-7(10)6-8(2,3)9/h4H,1,5-6,9H2,2-3H3. The van der Waals surface area contributed by atoms with E-state index in [1.807, 2.05) is 13.8 Å². The summed E-state index contributed by atoms with van der Waals surface area (Å²) in [6, 6.07) is 0. The fourth-order valence-corrected chi connectivity index (χ4v) is 0.741. The Morgan fingerprint density at radius 3 is 2.50 bits per heavy atom. The van der Waals surface area contributed by atoms with Gasteiger partial charge in [0.15, 0.2) is 0 Å². The lowest BCUT2D eigenvalue weighted by atomic mass is 9.98. The molecule has 0 aromatic rings. The van der Waals surface area contributed by atoms with E-state index in [0.29, 0.717) is 12.8 Å². The van der Waals surface area contributed by atoms with Gasteiger partial charge >= 0.3 is 0 Å². The second-order valence-electron chi connectivity index (χ2n) is 3.20. The molecule has 0 aliphatic carbocycles. The average molecular weight is 141 g/mol. The van der Waals surface area contributed by atoms with Gasteiger partial charge in [-0.2, -0.15) is 0 Å². The Bertz CT molecular complexity index is 133. The molecule has 0 atom stereocenters. The smallest absolute Gasteiger partial charge is 0.138 e. The Labute approximate surface area is 62.1 Å². The molecule has 0 aliphatic heterocycles. The van der Waals surface area contributed by atoms with E-state index in [9.17, 15) is 4.79 Å².